The molecule has 0 heterocycles. The molecule has 0 unspecified atom stereocenters. The van der Waals surface area contributed by atoms with Gasteiger partial charge in [-0.05, 0) is 36.4 Å². The molecule has 2 aromatic rings. The van der Waals surface area contributed by atoms with Crippen molar-refractivity contribution in [2.45, 2.75) is 0 Å². The van der Waals surface area contributed by atoms with Crippen LogP contribution < -0.4 is 17.2 Å². The van der Waals surface area contributed by atoms with Gasteiger partial charge in [-0.2, -0.15) is 4.99 Å². The fraction of sp³-hybridized carbons (Fsp3) is 0. The van der Waals surface area contributed by atoms with Gasteiger partial charge in [-0.3, -0.25) is 4.79 Å². The van der Waals surface area contributed by atoms with Crippen LogP contribution >= 0.6 is 15.9 Å². The van der Waals surface area contributed by atoms with Gasteiger partial charge in [0.1, 0.15) is 0 Å². The van der Waals surface area contributed by atoms with Crippen LogP contribution in [0.4, 0.5) is 5.69 Å². The van der Waals surface area contributed by atoms with Crippen LogP contribution in [0.5, 0.6) is 0 Å². The maximum atomic E-state index is 12.6. The number of ketones is 1. The molecule has 0 atom stereocenters. The number of guanidine groups is 2. The minimum Gasteiger partial charge on any atom is -0.370 e. The minimum absolute atomic E-state index is 0.115. The Morgan fingerprint density at radius 2 is 1.59 bits per heavy atom. The van der Waals surface area contributed by atoms with Crippen LogP contribution in [-0.2, 0) is 0 Å². The van der Waals surface area contributed by atoms with Gasteiger partial charge in [-0.1, -0.05) is 28.1 Å². The highest BCUT2D eigenvalue weighted by Crippen LogP contribution is 2.23. The lowest BCUT2D eigenvalue weighted by atomic mass is 10.0. The lowest BCUT2D eigenvalue weighted by molar-refractivity contribution is 0.103. The summed E-state index contributed by atoms with van der Waals surface area (Å²) in [4.78, 5) is 20.3. The molecule has 2 aromatic carbocycles. The van der Waals surface area contributed by atoms with Crippen molar-refractivity contribution in [2.75, 3.05) is 0 Å². The summed E-state index contributed by atoms with van der Waals surface area (Å²) in [6, 6.07) is 13.9. The summed E-state index contributed by atoms with van der Waals surface area (Å²) < 4.78 is 0.896. The van der Waals surface area contributed by atoms with Gasteiger partial charge in [-0.15, -0.1) is 0 Å². The van der Waals surface area contributed by atoms with Crippen molar-refractivity contribution >= 4 is 39.3 Å². The molecule has 112 valence electrons. The SMILES string of the molecule is NC(N)=NC(N)=Nc1ccccc1C(=O)c1ccc(Br)cc1. The number of nitrogens with two attached hydrogens (primary N) is 3. The maximum absolute atomic E-state index is 12.6. The van der Waals surface area contributed by atoms with Crippen LogP contribution in [0, 0.1) is 0 Å². The topological polar surface area (TPSA) is 120 Å². The highest BCUT2D eigenvalue weighted by Gasteiger charge is 2.13. The molecule has 0 radical (unpaired) electrons. The zero-order valence-corrected chi connectivity index (χ0v) is 13.1. The summed E-state index contributed by atoms with van der Waals surface area (Å²) >= 11 is 3.33. The molecule has 2 rings (SSSR count). The van der Waals surface area contributed by atoms with Gasteiger partial charge in [0.25, 0.3) is 0 Å². The molecule has 0 aliphatic heterocycles. The lowest BCUT2D eigenvalue weighted by Gasteiger charge is -2.05. The lowest BCUT2D eigenvalue weighted by Crippen LogP contribution is -2.26. The Labute approximate surface area is 135 Å². The Balaban J connectivity index is 2.42. The van der Waals surface area contributed by atoms with Crippen molar-refractivity contribution in [2.24, 2.45) is 27.2 Å². The van der Waals surface area contributed by atoms with Crippen LogP contribution in [0.25, 0.3) is 0 Å². The van der Waals surface area contributed by atoms with E-state index in [1.165, 1.54) is 0 Å². The van der Waals surface area contributed by atoms with Gasteiger partial charge in [0.15, 0.2) is 11.7 Å². The number of carbonyl (C=O) groups excluding carboxylic acids is 1. The fourth-order valence-corrected chi connectivity index (χ4v) is 2.06. The molecular weight excluding hydrogens is 346 g/mol. The van der Waals surface area contributed by atoms with Gasteiger partial charge < -0.3 is 17.2 Å². The van der Waals surface area contributed by atoms with Gasteiger partial charge in [-0.25, -0.2) is 4.99 Å². The Morgan fingerprint density at radius 1 is 0.955 bits per heavy atom. The minimum atomic E-state index is -0.196. The number of para-hydroxylation sites is 1. The van der Waals surface area contributed by atoms with E-state index in [0.717, 1.165) is 4.47 Å². The second-order valence-corrected chi connectivity index (χ2v) is 5.28. The first-order chi connectivity index (χ1) is 10.5. The van der Waals surface area contributed by atoms with E-state index in [4.69, 9.17) is 17.2 Å². The first-order valence-electron chi connectivity index (χ1n) is 6.30. The summed E-state index contributed by atoms with van der Waals surface area (Å²) in [6.07, 6.45) is 0. The van der Waals surface area contributed by atoms with Gasteiger partial charge in [0.05, 0.1) is 5.69 Å². The Bertz CT molecular complexity index is 749. The number of benzene rings is 2. The molecule has 22 heavy (non-hydrogen) atoms. The maximum Gasteiger partial charge on any atom is 0.223 e. The molecule has 0 amide bonds. The quantitative estimate of drug-likeness (QED) is 0.440. The van der Waals surface area contributed by atoms with Crippen molar-refractivity contribution in [3.8, 4) is 0 Å². The van der Waals surface area contributed by atoms with E-state index in [-0.39, 0.29) is 17.7 Å². The molecule has 7 heteroatoms. The van der Waals surface area contributed by atoms with Crippen LogP contribution in [-0.4, -0.2) is 17.7 Å². The summed E-state index contributed by atoms with van der Waals surface area (Å²) in [5, 5.41) is 0. The summed E-state index contributed by atoms with van der Waals surface area (Å²) in [5.41, 5.74) is 17.5. The van der Waals surface area contributed by atoms with E-state index in [2.05, 4.69) is 25.9 Å². The number of carbonyl (C=O) groups is 1. The number of nitrogens with zero attached hydrogens (tertiary/aromatic N) is 2. The van der Waals surface area contributed by atoms with Crippen molar-refractivity contribution in [3.05, 3.63) is 64.1 Å². The smallest absolute Gasteiger partial charge is 0.223 e. The highest BCUT2D eigenvalue weighted by molar-refractivity contribution is 9.10. The van der Waals surface area contributed by atoms with E-state index in [1.54, 1.807) is 48.5 Å². The van der Waals surface area contributed by atoms with Crippen molar-refractivity contribution in [3.63, 3.8) is 0 Å². The van der Waals surface area contributed by atoms with E-state index in [0.29, 0.717) is 16.8 Å². The van der Waals surface area contributed by atoms with E-state index < -0.39 is 0 Å². The van der Waals surface area contributed by atoms with E-state index in [1.807, 2.05) is 0 Å². The molecule has 0 spiro atoms. The van der Waals surface area contributed by atoms with Gasteiger partial charge in [0, 0.05) is 15.6 Å². The molecule has 0 aliphatic carbocycles. The van der Waals surface area contributed by atoms with Gasteiger partial charge in [0.2, 0.25) is 5.96 Å². The summed E-state index contributed by atoms with van der Waals surface area (Å²) in [7, 11) is 0. The third-order valence-electron chi connectivity index (χ3n) is 2.73. The molecule has 0 saturated heterocycles. The number of hydrogen-bond acceptors (Lipinski definition) is 2. The second kappa shape index (κ2) is 6.86. The zero-order valence-electron chi connectivity index (χ0n) is 11.5. The third-order valence-corrected chi connectivity index (χ3v) is 3.26. The largest absolute Gasteiger partial charge is 0.370 e. The standard InChI is InChI=1S/C15H14BrN5O/c16-10-7-5-9(6-8-10)13(22)11-3-1-2-4-12(11)20-15(19)21-14(17)18/h1-8H,(H6,17,18,19,20,21). The van der Waals surface area contributed by atoms with Crippen LogP contribution in [0.1, 0.15) is 15.9 Å². The number of halogens is 1. The number of aliphatic imine (C=N–C) groups is 2. The fourth-order valence-electron chi connectivity index (χ4n) is 1.80. The predicted octanol–water partition coefficient (Wildman–Crippen LogP) is 1.90. The monoisotopic (exact) mass is 359 g/mol. The van der Waals surface area contributed by atoms with Crippen molar-refractivity contribution in [1.29, 1.82) is 0 Å². The van der Waals surface area contributed by atoms with E-state index >= 15 is 0 Å². The molecule has 0 saturated carbocycles. The Kier molecular flexibility index (Phi) is 4.90. The van der Waals surface area contributed by atoms with Gasteiger partial charge >= 0.3 is 0 Å². The van der Waals surface area contributed by atoms with Crippen LogP contribution in [0.2, 0.25) is 0 Å². The molecule has 0 aliphatic rings. The summed E-state index contributed by atoms with van der Waals surface area (Å²) in [5.74, 6) is -0.474. The average molecular weight is 360 g/mol. The molecule has 0 aromatic heterocycles. The highest BCUT2D eigenvalue weighted by atomic mass is 79.9. The van der Waals surface area contributed by atoms with E-state index in [9.17, 15) is 4.79 Å². The zero-order chi connectivity index (χ0) is 16.1. The third kappa shape index (κ3) is 3.92. The molecular formula is C15H14BrN5O. The Morgan fingerprint density at radius 3 is 2.23 bits per heavy atom. The number of hydrogen-bond donors (Lipinski definition) is 3. The molecule has 6 N–H and O–H groups in total. The van der Waals surface area contributed by atoms with Crippen molar-refractivity contribution in [1.82, 2.24) is 0 Å². The van der Waals surface area contributed by atoms with Crippen molar-refractivity contribution < 1.29 is 4.79 Å². The van der Waals surface area contributed by atoms with Crippen LogP contribution in [0.15, 0.2) is 63.0 Å². The molecule has 0 fully saturated rings. The first kappa shape index (κ1) is 15.7. The van der Waals surface area contributed by atoms with Crippen LogP contribution in [0.3, 0.4) is 0 Å². The summed E-state index contributed by atoms with van der Waals surface area (Å²) in [6.45, 7) is 0. The Hall–Kier alpha value is -2.67. The molecule has 0 bridgehead atoms. The number of rotatable bonds is 3. The first-order valence-corrected chi connectivity index (χ1v) is 7.10. The second-order valence-electron chi connectivity index (χ2n) is 4.36. The molecule has 6 nitrogen and oxygen atoms in total. The normalized spacial score (nSPS) is 11.0. The predicted molar refractivity (Wildman–Crippen MR) is 91.1 cm³/mol. The average Bonchev–Trinajstić information content (AvgIpc) is 2.47.